The Kier molecular flexibility index (Phi) is 2.60. The Bertz CT molecular complexity index is 345. The SMILES string of the molecule is CN1CC(N)COc2cc(Br)cnc21. The number of hydrogen-bond acceptors (Lipinski definition) is 4. The number of aromatic nitrogens is 1. The third-order valence-corrected chi connectivity index (χ3v) is 2.56. The quantitative estimate of drug-likeness (QED) is 0.754. The number of nitrogens with two attached hydrogens (primary N) is 1. The van der Waals surface area contributed by atoms with Crippen molar-refractivity contribution >= 4 is 21.7 Å². The summed E-state index contributed by atoms with van der Waals surface area (Å²) in [5, 5.41) is 0. The number of hydrogen-bond donors (Lipinski definition) is 1. The smallest absolute Gasteiger partial charge is 0.171 e. The van der Waals surface area contributed by atoms with E-state index in [4.69, 9.17) is 10.5 Å². The maximum atomic E-state index is 5.84. The second-order valence-corrected chi connectivity index (χ2v) is 4.34. The van der Waals surface area contributed by atoms with E-state index in [1.165, 1.54) is 0 Å². The van der Waals surface area contributed by atoms with E-state index < -0.39 is 0 Å². The van der Waals surface area contributed by atoms with Gasteiger partial charge in [-0.05, 0) is 22.0 Å². The molecule has 76 valence electrons. The van der Waals surface area contributed by atoms with Gasteiger partial charge in [-0.3, -0.25) is 0 Å². The number of pyridine rings is 1. The Morgan fingerprint density at radius 1 is 1.71 bits per heavy atom. The highest BCUT2D eigenvalue weighted by Gasteiger charge is 2.19. The summed E-state index contributed by atoms with van der Waals surface area (Å²) in [6.07, 6.45) is 1.76. The third kappa shape index (κ3) is 1.83. The Labute approximate surface area is 91.2 Å². The maximum Gasteiger partial charge on any atom is 0.171 e. The van der Waals surface area contributed by atoms with Crippen molar-refractivity contribution in [3.8, 4) is 5.75 Å². The maximum absolute atomic E-state index is 5.84. The summed E-state index contributed by atoms with van der Waals surface area (Å²) in [6.45, 7) is 1.30. The number of fused-ring (bicyclic) bond motifs is 1. The number of likely N-dealkylation sites (N-methyl/N-ethyl adjacent to an activating group) is 1. The molecule has 1 unspecified atom stereocenters. The summed E-state index contributed by atoms with van der Waals surface area (Å²) in [7, 11) is 1.97. The number of rotatable bonds is 0. The number of ether oxygens (including phenoxy) is 1. The first-order chi connectivity index (χ1) is 6.66. The zero-order chi connectivity index (χ0) is 10.1. The summed E-state index contributed by atoms with van der Waals surface area (Å²) >= 11 is 3.36. The molecule has 0 fully saturated rings. The van der Waals surface area contributed by atoms with E-state index in [1.54, 1.807) is 6.20 Å². The lowest BCUT2D eigenvalue weighted by molar-refractivity contribution is 0.300. The van der Waals surface area contributed by atoms with Gasteiger partial charge in [-0.25, -0.2) is 4.98 Å². The summed E-state index contributed by atoms with van der Waals surface area (Å²) in [6, 6.07) is 1.95. The molecular weight excluding hydrogens is 246 g/mol. The van der Waals surface area contributed by atoms with Gasteiger partial charge in [-0.2, -0.15) is 0 Å². The molecule has 2 rings (SSSR count). The molecule has 0 bridgehead atoms. The summed E-state index contributed by atoms with van der Waals surface area (Å²) < 4.78 is 6.47. The van der Waals surface area contributed by atoms with Gasteiger partial charge in [0, 0.05) is 24.3 Å². The van der Waals surface area contributed by atoms with Crippen LogP contribution < -0.4 is 15.4 Å². The molecule has 1 atom stereocenters. The van der Waals surface area contributed by atoms with E-state index in [1.807, 2.05) is 18.0 Å². The highest BCUT2D eigenvalue weighted by atomic mass is 79.9. The molecule has 1 aliphatic rings. The molecule has 0 aliphatic carbocycles. The predicted molar refractivity (Wildman–Crippen MR) is 58.7 cm³/mol. The fourth-order valence-corrected chi connectivity index (χ4v) is 1.80. The lowest BCUT2D eigenvalue weighted by Crippen LogP contribution is -2.37. The van der Waals surface area contributed by atoms with Gasteiger partial charge in [-0.15, -0.1) is 0 Å². The van der Waals surface area contributed by atoms with Crippen LogP contribution in [0.4, 0.5) is 5.82 Å². The number of halogens is 1. The Hall–Kier alpha value is -0.810. The van der Waals surface area contributed by atoms with Crippen LogP contribution in [0.25, 0.3) is 0 Å². The van der Waals surface area contributed by atoms with Gasteiger partial charge in [-0.1, -0.05) is 0 Å². The van der Waals surface area contributed by atoms with Crippen molar-refractivity contribution in [2.24, 2.45) is 5.73 Å². The molecule has 5 heteroatoms. The number of nitrogens with zero attached hydrogens (tertiary/aromatic N) is 2. The topological polar surface area (TPSA) is 51.4 Å². The van der Waals surface area contributed by atoms with Gasteiger partial charge in [0.25, 0.3) is 0 Å². The Morgan fingerprint density at radius 3 is 3.29 bits per heavy atom. The lowest BCUT2D eigenvalue weighted by Gasteiger charge is -2.17. The molecule has 14 heavy (non-hydrogen) atoms. The molecule has 0 amide bonds. The van der Waals surface area contributed by atoms with Gasteiger partial charge in [0.15, 0.2) is 11.6 Å². The van der Waals surface area contributed by atoms with E-state index in [-0.39, 0.29) is 6.04 Å². The predicted octanol–water partition coefficient (Wildman–Crippen LogP) is 1.000. The average Bonchev–Trinajstić information content (AvgIpc) is 2.26. The summed E-state index contributed by atoms with van der Waals surface area (Å²) in [4.78, 5) is 6.31. The van der Waals surface area contributed by atoms with Gasteiger partial charge >= 0.3 is 0 Å². The van der Waals surface area contributed by atoms with Crippen LogP contribution in [0.1, 0.15) is 0 Å². The molecule has 0 saturated heterocycles. The molecule has 1 aromatic heterocycles. The van der Waals surface area contributed by atoms with Crippen molar-refractivity contribution in [1.29, 1.82) is 0 Å². The van der Waals surface area contributed by atoms with Crippen molar-refractivity contribution in [3.05, 3.63) is 16.7 Å². The van der Waals surface area contributed by atoms with Crippen LogP contribution >= 0.6 is 15.9 Å². The molecule has 2 N–H and O–H groups in total. The highest BCUT2D eigenvalue weighted by molar-refractivity contribution is 9.10. The minimum absolute atomic E-state index is 0.0352. The monoisotopic (exact) mass is 257 g/mol. The fraction of sp³-hybridized carbons (Fsp3) is 0.444. The van der Waals surface area contributed by atoms with Crippen LogP contribution in [0.3, 0.4) is 0 Å². The molecule has 4 nitrogen and oxygen atoms in total. The van der Waals surface area contributed by atoms with E-state index in [0.29, 0.717) is 6.61 Å². The van der Waals surface area contributed by atoms with Crippen LogP contribution in [-0.2, 0) is 0 Å². The molecule has 1 aromatic rings. The fourth-order valence-electron chi connectivity index (χ4n) is 1.49. The molecule has 0 saturated carbocycles. The molecule has 1 aliphatic heterocycles. The van der Waals surface area contributed by atoms with Gasteiger partial charge < -0.3 is 15.4 Å². The largest absolute Gasteiger partial charge is 0.488 e. The Morgan fingerprint density at radius 2 is 2.50 bits per heavy atom. The van der Waals surface area contributed by atoms with Gasteiger partial charge in [0.2, 0.25) is 0 Å². The first-order valence-corrected chi connectivity index (χ1v) is 5.21. The Balaban J connectivity index is 2.38. The van der Waals surface area contributed by atoms with E-state index in [0.717, 1.165) is 22.6 Å². The van der Waals surface area contributed by atoms with Crippen molar-refractivity contribution < 1.29 is 4.74 Å². The van der Waals surface area contributed by atoms with Crippen LogP contribution in [-0.4, -0.2) is 31.2 Å². The van der Waals surface area contributed by atoms with Crippen molar-refractivity contribution in [1.82, 2.24) is 4.98 Å². The van der Waals surface area contributed by atoms with Crippen LogP contribution in [0.5, 0.6) is 5.75 Å². The molecule has 2 heterocycles. The van der Waals surface area contributed by atoms with E-state index >= 15 is 0 Å². The second-order valence-electron chi connectivity index (χ2n) is 3.43. The highest BCUT2D eigenvalue weighted by Crippen LogP contribution is 2.29. The standard InChI is InChI=1S/C9H12BrN3O/c1-13-4-7(11)5-14-8-2-6(10)3-12-9(8)13/h2-3,7H,4-5,11H2,1H3. The normalized spacial score (nSPS) is 21.1. The molecule has 0 spiro atoms. The van der Waals surface area contributed by atoms with Gasteiger partial charge in [0.1, 0.15) is 6.61 Å². The van der Waals surface area contributed by atoms with E-state index in [2.05, 4.69) is 20.9 Å². The molecule has 0 aromatic carbocycles. The second kappa shape index (κ2) is 3.74. The van der Waals surface area contributed by atoms with Crippen LogP contribution in [0.15, 0.2) is 16.7 Å². The van der Waals surface area contributed by atoms with Crippen molar-refractivity contribution in [3.63, 3.8) is 0 Å². The molecular formula is C9H12BrN3O. The van der Waals surface area contributed by atoms with Crippen molar-refractivity contribution in [2.75, 3.05) is 25.1 Å². The van der Waals surface area contributed by atoms with Gasteiger partial charge in [0.05, 0.1) is 6.04 Å². The first kappa shape index (κ1) is 9.73. The minimum Gasteiger partial charge on any atom is -0.488 e. The average molecular weight is 258 g/mol. The third-order valence-electron chi connectivity index (χ3n) is 2.12. The lowest BCUT2D eigenvalue weighted by atomic mass is 10.3. The summed E-state index contributed by atoms with van der Waals surface area (Å²) in [5.74, 6) is 1.64. The van der Waals surface area contributed by atoms with E-state index in [9.17, 15) is 0 Å². The molecule has 0 radical (unpaired) electrons. The zero-order valence-electron chi connectivity index (χ0n) is 7.90. The minimum atomic E-state index is 0.0352. The zero-order valence-corrected chi connectivity index (χ0v) is 9.49. The van der Waals surface area contributed by atoms with Crippen molar-refractivity contribution in [2.45, 2.75) is 6.04 Å². The number of anilines is 1. The summed E-state index contributed by atoms with van der Waals surface area (Å²) in [5.41, 5.74) is 5.84. The van der Waals surface area contributed by atoms with Crippen LogP contribution in [0, 0.1) is 0 Å². The van der Waals surface area contributed by atoms with Crippen LogP contribution in [0.2, 0.25) is 0 Å². The first-order valence-electron chi connectivity index (χ1n) is 4.42.